The molecular formula is C16H22N4OS. The molecule has 0 aliphatic carbocycles. The van der Waals surface area contributed by atoms with Crippen LogP contribution < -0.4 is 4.90 Å². The van der Waals surface area contributed by atoms with Crippen LogP contribution >= 0.6 is 11.8 Å². The lowest BCUT2D eigenvalue weighted by atomic mass is 10.2. The van der Waals surface area contributed by atoms with E-state index in [9.17, 15) is 0 Å². The Labute approximate surface area is 135 Å². The van der Waals surface area contributed by atoms with Gasteiger partial charge in [0.25, 0.3) is 0 Å². The molecule has 118 valence electrons. The molecule has 5 nitrogen and oxygen atoms in total. The van der Waals surface area contributed by atoms with Crippen LogP contribution in [0.2, 0.25) is 0 Å². The fourth-order valence-corrected chi connectivity index (χ4v) is 3.34. The molecule has 0 atom stereocenters. The van der Waals surface area contributed by atoms with E-state index in [1.807, 2.05) is 0 Å². The summed E-state index contributed by atoms with van der Waals surface area (Å²) in [6.45, 7) is 9.68. The Morgan fingerprint density at radius 2 is 1.86 bits per heavy atom. The van der Waals surface area contributed by atoms with Crippen LogP contribution in [-0.2, 0) is 4.74 Å². The zero-order valence-corrected chi connectivity index (χ0v) is 14.1. The zero-order chi connectivity index (χ0) is 15.5. The molecule has 0 bridgehead atoms. The predicted molar refractivity (Wildman–Crippen MR) is 90.1 cm³/mol. The van der Waals surface area contributed by atoms with Crippen molar-refractivity contribution in [2.75, 3.05) is 31.2 Å². The van der Waals surface area contributed by atoms with Gasteiger partial charge in [0, 0.05) is 18.3 Å². The zero-order valence-electron chi connectivity index (χ0n) is 13.3. The molecule has 2 aromatic rings. The van der Waals surface area contributed by atoms with Gasteiger partial charge in [0.05, 0.1) is 18.9 Å². The molecule has 1 fully saturated rings. The highest BCUT2D eigenvalue weighted by Gasteiger charge is 2.22. The van der Waals surface area contributed by atoms with Crippen LogP contribution in [0, 0.1) is 6.92 Å². The summed E-state index contributed by atoms with van der Waals surface area (Å²) in [6.07, 6.45) is 0. The molecule has 22 heavy (non-hydrogen) atoms. The first-order valence-electron chi connectivity index (χ1n) is 7.67. The molecule has 1 aromatic carbocycles. The van der Waals surface area contributed by atoms with Crippen LogP contribution in [0.25, 0.3) is 5.69 Å². The third-order valence-corrected chi connectivity index (χ3v) is 4.55. The topological polar surface area (TPSA) is 43.2 Å². The summed E-state index contributed by atoms with van der Waals surface area (Å²) < 4.78 is 7.64. The molecule has 0 unspecified atom stereocenters. The summed E-state index contributed by atoms with van der Waals surface area (Å²) >= 11 is 1.74. The van der Waals surface area contributed by atoms with Crippen LogP contribution in [-0.4, -0.2) is 46.3 Å². The van der Waals surface area contributed by atoms with E-state index in [2.05, 4.69) is 64.7 Å². The van der Waals surface area contributed by atoms with Gasteiger partial charge in [0.1, 0.15) is 0 Å². The standard InChI is InChI=1S/C16H22N4OS/c1-12(2)22-16-18-17-15(19-8-10-21-11-9-19)20(16)14-7-5-4-6-13(14)3/h4-7,12H,8-11H2,1-3H3. The van der Waals surface area contributed by atoms with E-state index in [4.69, 9.17) is 4.74 Å². The Morgan fingerprint density at radius 3 is 2.55 bits per heavy atom. The Kier molecular flexibility index (Phi) is 4.69. The van der Waals surface area contributed by atoms with Gasteiger partial charge in [0.15, 0.2) is 5.16 Å². The molecule has 2 heterocycles. The molecule has 1 aromatic heterocycles. The number of aryl methyl sites for hydroxylation is 1. The monoisotopic (exact) mass is 318 g/mol. The van der Waals surface area contributed by atoms with Crippen molar-refractivity contribution in [2.24, 2.45) is 0 Å². The fourth-order valence-electron chi connectivity index (χ4n) is 2.54. The molecule has 0 spiro atoms. The minimum atomic E-state index is 0.463. The van der Waals surface area contributed by atoms with Gasteiger partial charge in [-0.05, 0) is 18.6 Å². The van der Waals surface area contributed by atoms with Crippen molar-refractivity contribution in [2.45, 2.75) is 31.2 Å². The quantitative estimate of drug-likeness (QED) is 0.811. The maximum Gasteiger partial charge on any atom is 0.232 e. The van der Waals surface area contributed by atoms with Gasteiger partial charge in [-0.3, -0.25) is 4.57 Å². The van der Waals surface area contributed by atoms with E-state index in [1.165, 1.54) is 5.56 Å². The Balaban J connectivity index is 2.07. The number of anilines is 1. The Morgan fingerprint density at radius 1 is 1.14 bits per heavy atom. The molecule has 3 rings (SSSR count). The van der Waals surface area contributed by atoms with Crippen molar-refractivity contribution in [3.05, 3.63) is 29.8 Å². The van der Waals surface area contributed by atoms with Crippen LogP contribution in [0.1, 0.15) is 19.4 Å². The number of hydrogen-bond acceptors (Lipinski definition) is 5. The summed E-state index contributed by atoms with van der Waals surface area (Å²) in [6, 6.07) is 8.39. The molecular weight excluding hydrogens is 296 g/mol. The van der Waals surface area contributed by atoms with Crippen molar-refractivity contribution in [3.63, 3.8) is 0 Å². The molecule has 1 aliphatic rings. The summed E-state index contributed by atoms with van der Waals surface area (Å²) in [7, 11) is 0. The van der Waals surface area contributed by atoms with Crippen molar-refractivity contribution >= 4 is 17.7 Å². The number of para-hydroxylation sites is 1. The van der Waals surface area contributed by atoms with Gasteiger partial charge in [-0.1, -0.05) is 43.8 Å². The molecule has 0 radical (unpaired) electrons. The second-order valence-electron chi connectivity index (χ2n) is 5.67. The Hall–Kier alpha value is -1.53. The number of benzene rings is 1. The molecule has 0 amide bonds. The number of aromatic nitrogens is 3. The minimum Gasteiger partial charge on any atom is -0.378 e. The largest absolute Gasteiger partial charge is 0.378 e. The normalized spacial score (nSPS) is 15.5. The average molecular weight is 318 g/mol. The van der Waals surface area contributed by atoms with Gasteiger partial charge in [-0.2, -0.15) is 0 Å². The number of rotatable bonds is 4. The van der Waals surface area contributed by atoms with E-state index in [-0.39, 0.29) is 0 Å². The minimum absolute atomic E-state index is 0.463. The maximum absolute atomic E-state index is 5.46. The first kappa shape index (κ1) is 15.4. The van der Waals surface area contributed by atoms with Gasteiger partial charge in [0.2, 0.25) is 5.95 Å². The molecule has 1 saturated heterocycles. The predicted octanol–water partition coefficient (Wildman–Crippen LogP) is 2.91. The van der Waals surface area contributed by atoms with Crippen LogP contribution in [0.4, 0.5) is 5.95 Å². The highest BCUT2D eigenvalue weighted by Crippen LogP contribution is 2.30. The van der Waals surface area contributed by atoms with Crippen molar-refractivity contribution in [3.8, 4) is 5.69 Å². The molecule has 0 saturated carbocycles. The van der Waals surface area contributed by atoms with E-state index in [0.29, 0.717) is 5.25 Å². The lowest BCUT2D eigenvalue weighted by molar-refractivity contribution is 0.122. The number of nitrogens with zero attached hydrogens (tertiary/aromatic N) is 4. The SMILES string of the molecule is Cc1ccccc1-n1c(SC(C)C)nnc1N1CCOCC1. The van der Waals surface area contributed by atoms with Crippen molar-refractivity contribution in [1.29, 1.82) is 0 Å². The number of morpholine rings is 1. The third-order valence-electron chi connectivity index (χ3n) is 3.61. The van der Waals surface area contributed by atoms with Gasteiger partial charge in [-0.25, -0.2) is 0 Å². The summed E-state index contributed by atoms with van der Waals surface area (Å²) in [4.78, 5) is 2.26. The van der Waals surface area contributed by atoms with E-state index in [0.717, 1.165) is 43.1 Å². The van der Waals surface area contributed by atoms with Crippen LogP contribution in [0.5, 0.6) is 0 Å². The number of hydrogen-bond donors (Lipinski definition) is 0. The maximum atomic E-state index is 5.46. The van der Waals surface area contributed by atoms with Crippen molar-refractivity contribution < 1.29 is 4.74 Å². The van der Waals surface area contributed by atoms with Gasteiger partial charge < -0.3 is 9.64 Å². The summed E-state index contributed by atoms with van der Waals surface area (Å²) in [5, 5.41) is 10.3. The second-order valence-corrected chi connectivity index (χ2v) is 7.21. The van der Waals surface area contributed by atoms with E-state index < -0.39 is 0 Å². The summed E-state index contributed by atoms with van der Waals surface area (Å²) in [5.74, 6) is 0.917. The first-order valence-corrected chi connectivity index (χ1v) is 8.55. The molecule has 6 heteroatoms. The van der Waals surface area contributed by atoms with E-state index in [1.54, 1.807) is 11.8 Å². The number of ether oxygens (including phenoxy) is 1. The fraction of sp³-hybridized carbons (Fsp3) is 0.500. The smallest absolute Gasteiger partial charge is 0.232 e. The summed E-state index contributed by atoms with van der Waals surface area (Å²) in [5.41, 5.74) is 2.37. The highest BCUT2D eigenvalue weighted by molar-refractivity contribution is 7.99. The van der Waals surface area contributed by atoms with Gasteiger partial charge >= 0.3 is 0 Å². The van der Waals surface area contributed by atoms with Gasteiger partial charge in [-0.15, -0.1) is 10.2 Å². The lowest BCUT2D eigenvalue weighted by Gasteiger charge is -2.28. The Bertz CT molecular complexity index is 635. The first-order chi connectivity index (χ1) is 10.7. The highest BCUT2D eigenvalue weighted by atomic mass is 32.2. The molecule has 0 N–H and O–H groups in total. The van der Waals surface area contributed by atoms with E-state index >= 15 is 0 Å². The third kappa shape index (κ3) is 3.13. The second kappa shape index (κ2) is 6.71. The van der Waals surface area contributed by atoms with Crippen LogP contribution in [0.3, 0.4) is 0 Å². The average Bonchev–Trinajstić information content (AvgIpc) is 2.91. The lowest BCUT2D eigenvalue weighted by Crippen LogP contribution is -2.38. The molecule has 1 aliphatic heterocycles. The van der Waals surface area contributed by atoms with Crippen molar-refractivity contribution in [1.82, 2.24) is 14.8 Å². The van der Waals surface area contributed by atoms with Crippen LogP contribution in [0.15, 0.2) is 29.4 Å². The number of thioether (sulfide) groups is 1.